The Hall–Kier alpha value is -1.58. The Labute approximate surface area is 89.6 Å². The van der Waals surface area contributed by atoms with E-state index in [1.165, 1.54) is 25.6 Å². The summed E-state index contributed by atoms with van der Waals surface area (Å²) in [6, 6.07) is 0. The van der Waals surface area contributed by atoms with Crippen molar-refractivity contribution >= 4 is 11.5 Å². The number of allylic oxidation sites excluding steroid dienone is 1. The molecule has 3 N–H and O–H groups in total. The monoisotopic (exact) mass is 204 g/mol. The summed E-state index contributed by atoms with van der Waals surface area (Å²) < 4.78 is 0. The zero-order valence-corrected chi connectivity index (χ0v) is 8.74. The third kappa shape index (κ3) is 2.68. The molecule has 4 nitrogen and oxygen atoms in total. The molecule has 0 fully saturated rings. The van der Waals surface area contributed by atoms with E-state index in [-0.39, 0.29) is 0 Å². The van der Waals surface area contributed by atoms with Gasteiger partial charge in [-0.05, 0) is 25.7 Å². The van der Waals surface area contributed by atoms with Gasteiger partial charge in [-0.15, -0.1) is 0 Å². The summed E-state index contributed by atoms with van der Waals surface area (Å²) in [5.41, 5.74) is 7.87. The van der Waals surface area contributed by atoms with E-state index in [2.05, 4.69) is 21.4 Å². The quantitative estimate of drug-likeness (QED) is 0.736. The van der Waals surface area contributed by atoms with Gasteiger partial charge in [-0.1, -0.05) is 11.6 Å². The minimum atomic E-state index is 0.609. The molecule has 0 saturated carbocycles. The van der Waals surface area contributed by atoms with Crippen LogP contribution < -0.4 is 11.1 Å². The first-order valence-electron chi connectivity index (χ1n) is 5.33. The third-order valence-corrected chi connectivity index (χ3v) is 2.61. The molecule has 0 aromatic carbocycles. The van der Waals surface area contributed by atoms with Gasteiger partial charge in [0.2, 0.25) is 0 Å². The standard InChI is InChI=1S/C11H16N4/c12-10-7-13-8-15-11(10)14-6-5-9-3-1-2-4-9/h3,7-8H,1-2,4-6,12H2,(H,13,14,15). The van der Waals surface area contributed by atoms with Gasteiger partial charge in [-0.3, -0.25) is 0 Å². The Bertz CT molecular complexity index is 359. The largest absolute Gasteiger partial charge is 0.394 e. The van der Waals surface area contributed by atoms with Crippen LogP contribution in [0.25, 0.3) is 0 Å². The molecule has 1 aliphatic rings. The van der Waals surface area contributed by atoms with Crippen molar-refractivity contribution in [3.63, 3.8) is 0 Å². The highest BCUT2D eigenvalue weighted by molar-refractivity contribution is 5.58. The highest BCUT2D eigenvalue weighted by atomic mass is 15.0. The van der Waals surface area contributed by atoms with E-state index < -0.39 is 0 Å². The molecule has 15 heavy (non-hydrogen) atoms. The highest BCUT2D eigenvalue weighted by Crippen LogP contribution is 2.20. The minimum absolute atomic E-state index is 0.609. The molecule has 0 spiro atoms. The Morgan fingerprint density at radius 2 is 2.40 bits per heavy atom. The van der Waals surface area contributed by atoms with E-state index in [4.69, 9.17) is 5.73 Å². The summed E-state index contributed by atoms with van der Waals surface area (Å²) in [5.74, 6) is 0.739. The molecule has 1 aliphatic carbocycles. The Kier molecular flexibility index (Phi) is 3.17. The second kappa shape index (κ2) is 4.77. The molecule has 1 heterocycles. The second-order valence-electron chi connectivity index (χ2n) is 3.76. The number of aromatic nitrogens is 2. The van der Waals surface area contributed by atoms with Crippen molar-refractivity contribution in [3.05, 3.63) is 24.2 Å². The summed E-state index contributed by atoms with van der Waals surface area (Å²) in [6.45, 7) is 0.896. The first-order valence-corrected chi connectivity index (χ1v) is 5.33. The summed E-state index contributed by atoms with van der Waals surface area (Å²) in [7, 11) is 0. The van der Waals surface area contributed by atoms with Crippen LogP contribution in [-0.2, 0) is 0 Å². The molecule has 0 saturated heterocycles. The lowest BCUT2D eigenvalue weighted by atomic mass is 10.2. The van der Waals surface area contributed by atoms with Crippen LogP contribution in [0.4, 0.5) is 11.5 Å². The molecule has 0 amide bonds. The van der Waals surface area contributed by atoms with Crippen LogP contribution in [0.15, 0.2) is 24.2 Å². The fourth-order valence-corrected chi connectivity index (χ4v) is 1.79. The molecule has 80 valence electrons. The fraction of sp³-hybridized carbons (Fsp3) is 0.455. The smallest absolute Gasteiger partial charge is 0.152 e. The van der Waals surface area contributed by atoms with Crippen LogP contribution >= 0.6 is 0 Å². The van der Waals surface area contributed by atoms with Crippen LogP contribution in [0.1, 0.15) is 25.7 Å². The maximum atomic E-state index is 5.71. The Morgan fingerprint density at radius 1 is 1.47 bits per heavy atom. The SMILES string of the molecule is Nc1cncnc1NCCC1=CCCC1. The molecular weight excluding hydrogens is 188 g/mol. The molecule has 1 aromatic heterocycles. The summed E-state index contributed by atoms with van der Waals surface area (Å²) in [6.07, 6.45) is 10.4. The second-order valence-corrected chi connectivity index (χ2v) is 3.76. The van der Waals surface area contributed by atoms with Crippen LogP contribution in [0.3, 0.4) is 0 Å². The normalized spacial score (nSPS) is 15.1. The van der Waals surface area contributed by atoms with Gasteiger partial charge in [0.15, 0.2) is 5.82 Å². The molecule has 0 atom stereocenters. The van der Waals surface area contributed by atoms with Gasteiger partial charge in [0, 0.05) is 6.54 Å². The maximum Gasteiger partial charge on any atom is 0.152 e. The van der Waals surface area contributed by atoms with Crippen LogP contribution in [0, 0.1) is 0 Å². The average molecular weight is 204 g/mol. The molecule has 0 radical (unpaired) electrons. The van der Waals surface area contributed by atoms with Gasteiger partial charge in [0.25, 0.3) is 0 Å². The number of anilines is 2. The number of nitrogens with one attached hydrogen (secondary N) is 1. The van der Waals surface area contributed by atoms with Crippen molar-refractivity contribution in [1.82, 2.24) is 9.97 Å². The highest BCUT2D eigenvalue weighted by Gasteiger charge is 2.04. The van der Waals surface area contributed by atoms with Gasteiger partial charge < -0.3 is 11.1 Å². The summed E-state index contributed by atoms with van der Waals surface area (Å²) in [4.78, 5) is 7.92. The lowest BCUT2D eigenvalue weighted by molar-refractivity contribution is 0.861. The average Bonchev–Trinajstić information content (AvgIpc) is 2.74. The third-order valence-electron chi connectivity index (χ3n) is 2.61. The van der Waals surface area contributed by atoms with Crippen molar-refractivity contribution < 1.29 is 0 Å². The molecule has 0 unspecified atom stereocenters. The molecule has 0 bridgehead atoms. The van der Waals surface area contributed by atoms with Crippen LogP contribution in [-0.4, -0.2) is 16.5 Å². The molecular formula is C11H16N4. The lowest BCUT2D eigenvalue weighted by Gasteiger charge is -2.07. The Balaban J connectivity index is 1.80. The Morgan fingerprint density at radius 3 is 3.13 bits per heavy atom. The molecule has 0 aliphatic heterocycles. The number of hydrogen-bond acceptors (Lipinski definition) is 4. The summed E-state index contributed by atoms with van der Waals surface area (Å²) in [5, 5.41) is 3.22. The summed E-state index contributed by atoms with van der Waals surface area (Å²) >= 11 is 0. The first-order chi connectivity index (χ1) is 7.36. The van der Waals surface area contributed by atoms with E-state index >= 15 is 0 Å². The van der Waals surface area contributed by atoms with Crippen LogP contribution in [0.2, 0.25) is 0 Å². The van der Waals surface area contributed by atoms with E-state index in [9.17, 15) is 0 Å². The topological polar surface area (TPSA) is 63.8 Å². The first kappa shape index (κ1) is 9.96. The van der Waals surface area contributed by atoms with E-state index in [0.29, 0.717) is 5.69 Å². The van der Waals surface area contributed by atoms with Gasteiger partial charge in [0.1, 0.15) is 6.33 Å². The van der Waals surface area contributed by atoms with E-state index in [0.717, 1.165) is 18.8 Å². The predicted octanol–water partition coefficient (Wildman–Crippen LogP) is 1.97. The number of nitrogens with two attached hydrogens (primary N) is 1. The predicted molar refractivity (Wildman–Crippen MR) is 61.5 cm³/mol. The van der Waals surface area contributed by atoms with Gasteiger partial charge in [-0.25, -0.2) is 9.97 Å². The number of nitrogen functional groups attached to an aromatic ring is 1. The van der Waals surface area contributed by atoms with Gasteiger partial charge in [0.05, 0.1) is 11.9 Å². The van der Waals surface area contributed by atoms with Crippen LogP contribution in [0.5, 0.6) is 0 Å². The zero-order chi connectivity index (χ0) is 10.5. The van der Waals surface area contributed by atoms with Gasteiger partial charge >= 0.3 is 0 Å². The van der Waals surface area contributed by atoms with Gasteiger partial charge in [-0.2, -0.15) is 0 Å². The van der Waals surface area contributed by atoms with Crippen molar-refractivity contribution in [2.75, 3.05) is 17.6 Å². The number of hydrogen-bond donors (Lipinski definition) is 2. The van der Waals surface area contributed by atoms with Crippen molar-refractivity contribution in [2.45, 2.75) is 25.7 Å². The van der Waals surface area contributed by atoms with Crippen molar-refractivity contribution in [3.8, 4) is 0 Å². The van der Waals surface area contributed by atoms with E-state index in [1.54, 1.807) is 11.8 Å². The number of rotatable bonds is 4. The minimum Gasteiger partial charge on any atom is -0.394 e. The van der Waals surface area contributed by atoms with E-state index in [1.807, 2.05) is 0 Å². The fourth-order valence-electron chi connectivity index (χ4n) is 1.79. The maximum absolute atomic E-state index is 5.71. The molecule has 1 aromatic rings. The lowest BCUT2D eigenvalue weighted by Crippen LogP contribution is -2.06. The number of nitrogens with zero attached hydrogens (tertiary/aromatic N) is 2. The molecule has 2 rings (SSSR count). The molecule has 4 heteroatoms. The van der Waals surface area contributed by atoms with Crippen molar-refractivity contribution in [1.29, 1.82) is 0 Å². The zero-order valence-electron chi connectivity index (χ0n) is 8.74. The van der Waals surface area contributed by atoms with Crippen molar-refractivity contribution in [2.24, 2.45) is 0 Å².